The van der Waals surface area contributed by atoms with Crippen LogP contribution in [0.3, 0.4) is 0 Å². The van der Waals surface area contributed by atoms with Gasteiger partial charge in [0.2, 0.25) is 5.95 Å². The molecule has 10 heteroatoms. The predicted molar refractivity (Wildman–Crippen MR) is 101 cm³/mol. The van der Waals surface area contributed by atoms with Crippen molar-refractivity contribution in [3.05, 3.63) is 24.9 Å². The van der Waals surface area contributed by atoms with Crippen LogP contribution in [0.15, 0.2) is 24.9 Å². The van der Waals surface area contributed by atoms with Gasteiger partial charge in [-0.05, 0) is 6.07 Å². The molecule has 2 saturated heterocycles. The third-order valence-corrected chi connectivity index (χ3v) is 5.03. The van der Waals surface area contributed by atoms with Crippen molar-refractivity contribution >= 4 is 28.7 Å². The van der Waals surface area contributed by atoms with E-state index in [2.05, 4.69) is 39.6 Å². The summed E-state index contributed by atoms with van der Waals surface area (Å²) in [6, 6.07) is 1.97. The number of hydrogen-bond acceptors (Lipinski definition) is 9. The summed E-state index contributed by atoms with van der Waals surface area (Å²) in [5.41, 5.74) is 1.58. The molecule has 10 nitrogen and oxygen atoms in total. The molecular formula is C17H21N9O. The zero-order valence-electron chi connectivity index (χ0n) is 15.0. The Bertz CT molecular complexity index is 915. The number of imidazole rings is 1. The number of aromatic amines is 1. The van der Waals surface area contributed by atoms with E-state index in [0.29, 0.717) is 5.65 Å². The maximum Gasteiger partial charge on any atom is 0.227 e. The molecule has 3 aromatic rings. The lowest BCUT2D eigenvalue weighted by Gasteiger charge is -2.36. The molecule has 0 radical (unpaired) electrons. The highest BCUT2D eigenvalue weighted by Crippen LogP contribution is 2.23. The van der Waals surface area contributed by atoms with Crippen LogP contribution in [0.2, 0.25) is 0 Å². The van der Waals surface area contributed by atoms with Crippen molar-refractivity contribution in [1.29, 1.82) is 0 Å². The highest BCUT2D eigenvalue weighted by molar-refractivity contribution is 5.82. The van der Waals surface area contributed by atoms with Crippen LogP contribution in [0.25, 0.3) is 11.2 Å². The van der Waals surface area contributed by atoms with Crippen LogP contribution in [0, 0.1) is 0 Å². The molecule has 0 unspecified atom stereocenters. The summed E-state index contributed by atoms with van der Waals surface area (Å²) in [4.78, 5) is 32.0. The molecule has 0 aliphatic carbocycles. The molecule has 0 amide bonds. The van der Waals surface area contributed by atoms with E-state index < -0.39 is 0 Å². The van der Waals surface area contributed by atoms with E-state index in [1.165, 1.54) is 0 Å². The molecule has 140 valence electrons. The number of hydrogen-bond donors (Lipinski definition) is 1. The third kappa shape index (κ3) is 3.12. The SMILES string of the molecule is c1cc(N2CCOCC2)nc(N2CCN(c3ncnc4nc[nH]c34)CC2)n1. The van der Waals surface area contributed by atoms with E-state index in [1.807, 2.05) is 12.3 Å². The summed E-state index contributed by atoms with van der Waals surface area (Å²) in [5, 5.41) is 0. The smallest absolute Gasteiger partial charge is 0.227 e. The Hall–Kier alpha value is -3.01. The molecule has 2 fully saturated rings. The normalized spacial score (nSPS) is 18.3. The Balaban J connectivity index is 1.30. The van der Waals surface area contributed by atoms with Gasteiger partial charge >= 0.3 is 0 Å². The number of H-pyrrole nitrogens is 1. The highest BCUT2D eigenvalue weighted by Gasteiger charge is 2.23. The molecule has 2 aliphatic heterocycles. The first kappa shape index (κ1) is 16.2. The van der Waals surface area contributed by atoms with Gasteiger partial charge in [0, 0.05) is 45.5 Å². The molecule has 27 heavy (non-hydrogen) atoms. The molecule has 5 rings (SSSR count). The second kappa shape index (κ2) is 6.95. The Kier molecular flexibility index (Phi) is 4.17. The molecular weight excluding hydrogens is 346 g/mol. The van der Waals surface area contributed by atoms with Gasteiger partial charge in [0.25, 0.3) is 0 Å². The summed E-state index contributed by atoms with van der Waals surface area (Å²) in [6.07, 6.45) is 5.07. The number of aromatic nitrogens is 6. The fraction of sp³-hybridized carbons (Fsp3) is 0.471. The molecule has 0 bridgehead atoms. The number of anilines is 3. The first-order chi connectivity index (χ1) is 13.4. The van der Waals surface area contributed by atoms with Crippen LogP contribution >= 0.6 is 0 Å². The lowest BCUT2D eigenvalue weighted by molar-refractivity contribution is 0.122. The fourth-order valence-electron chi connectivity index (χ4n) is 3.57. The van der Waals surface area contributed by atoms with Gasteiger partial charge in [0.1, 0.15) is 17.7 Å². The molecule has 0 atom stereocenters. The summed E-state index contributed by atoms with van der Waals surface area (Å²) in [5.74, 6) is 2.66. The van der Waals surface area contributed by atoms with E-state index >= 15 is 0 Å². The van der Waals surface area contributed by atoms with E-state index in [4.69, 9.17) is 9.72 Å². The zero-order valence-corrected chi connectivity index (χ0v) is 15.0. The van der Waals surface area contributed by atoms with Crippen LogP contribution < -0.4 is 14.7 Å². The van der Waals surface area contributed by atoms with Gasteiger partial charge in [-0.15, -0.1) is 0 Å². The number of nitrogens with one attached hydrogen (secondary N) is 1. The number of rotatable bonds is 3. The molecule has 0 saturated carbocycles. The summed E-state index contributed by atoms with van der Waals surface area (Å²) < 4.78 is 5.43. The van der Waals surface area contributed by atoms with Gasteiger partial charge < -0.3 is 24.4 Å². The second-order valence-corrected chi connectivity index (χ2v) is 6.59. The first-order valence-corrected chi connectivity index (χ1v) is 9.18. The summed E-state index contributed by atoms with van der Waals surface area (Å²) >= 11 is 0. The van der Waals surface area contributed by atoms with E-state index in [1.54, 1.807) is 12.7 Å². The lowest BCUT2D eigenvalue weighted by Crippen LogP contribution is -2.47. The van der Waals surface area contributed by atoms with Crippen molar-refractivity contribution in [3.63, 3.8) is 0 Å². The quantitative estimate of drug-likeness (QED) is 0.701. The lowest BCUT2D eigenvalue weighted by atomic mass is 10.3. The standard InChI is InChI=1S/C17H21N9O/c1-2-18-17(23-13(1)24-7-9-27-10-8-24)26-5-3-25(4-6-26)16-14-15(20-11-19-14)21-12-22-16/h1-2,11-12H,3-10H2,(H,19,20,21,22). The predicted octanol–water partition coefficient (Wildman–Crippen LogP) is 0.306. The van der Waals surface area contributed by atoms with Crippen LogP contribution in [0.5, 0.6) is 0 Å². The second-order valence-electron chi connectivity index (χ2n) is 6.59. The third-order valence-electron chi connectivity index (χ3n) is 5.03. The zero-order chi connectivity index (χ0) is 18.1. The van der Waals surface area contributed by atoms with Crippen LogP contribution in [-0.2, 0) is 4.74 Å². The van der Waals surface area contributed by atoms with Gasteiger partial charge in [-0.3, -0.25) is 0 Å². The minimum Gasteiger partial charge on any atom is -0.378 e. The largest absolute Gasteiger partial charge is 0.378 e. The molecule has 1 N–H and O–H groups in total. The van der Waals surface area contributed by atoms with Gasteiger partial charge in [0.15, 0.2) is 11.5 Å². The minimum atomic E-state index is 0.698. The number of nitrogens with zero attached hydrogens (tertiary/aromatic N) is 8. The Morgan fingerprint density at radius 2 is 1.67 bits per heavy atom. The average molecular weight is 367 g/mol. The molecule has 0 spiro atoms. The van der Waals surface area contributed by atoms with Crippen molar-refractivity contribution < 1.29 is 4.74 Å². The molecule has 5 heterocycles. The van der Waals surface area contributed by atoms with Crippen molar-refractivity contribution in [2.75, 3.05) is 67.2 Å². The van der Waals surface area contributed by atoms with Crippen molar-refractivity contribution in [1.82, 2.24) is 29.9 Å². The topological polar surface area (TPSA) is 99.2 Å². The van der Waals surface area contributed by atoms with E-state index in [0.717, 1.165) is 75.6 Å². The van der Waals surface area contributed by atoms with Gasteiger partial charge in [0.05, 0.1) is 19.5 Å². The number of fused-ring (bicyclic) bond motifs is 1. The van der Waals surface area contributed by atoms with E-state index in [9.17, 15) is 0 Å². The minimum absolute atomic E-state index is 0.698. The van der Waals surface area contributed by atoms with Gasteiger partial charge in [-0.25, -0.2) is 19.9 Å². The van der Waals surface area contributed by atoms with Crippen LogP contribution in [0.4, 0.5) is 17.6 Å². The number of morpholine rings is 1. The van der Waals surface area contributed by atoms with Gasteiger partial charge in [-0.2, -0.15) is 4.98 Å². The van der Waals surface area contributed by atoms with E-state index in [-0.39, 0.29) is 0 Å². The van der Waals surface area contributed by atoms with Crippen LogP contribution in [-0.4, -0.2) is 82.4 Å². The average Bonchev–Trinajstić information content (AvgIpc) is 3.24. The Morgan fingerprint density at radius 3 is 2.52 bits per heavy atom. The Morgan fingerprint density at radius 1 is 0.852 bits per heavy atom. The molecule has 2 aliphatic rings. The van der Waals surface area contributed by atoms with Crippen molar-refractivity contribution in [3.8, 4) is 0 Å². The van der Waals surface area contributed by atoms with Crippen molar-refractivity contribution in [2.24, 2.45) is 0 Å². The van der Waals surface area contributed by atoms with Gasteiger partial charge in [-0.1, -0.05) is 0 Å². The molecule has 0 aromatic carbocycles. The van der Waals surface area contributed by atoms with Crippen molar-refractivity contribution in [2.45, 2.75) is 0 Å². The Labute approximate surface area is 156 Å². The first-order valence-electron chi connectivity index (χ1n) is 9.18. The maximum absolute atomic E-state index is 5.43. The molecule has 3 aromatic heterocycles. The summed E-state index contributed by atoms with van der Waals surface area (Å²) in [7, 11) is 0. The number of piperazine rings is 1. The van der Waals surface area contributed by atoms with Crippen LogP contribution in [0.1, 0.15) is 0 Å². The maximum atomic E-state index is 5.43. The fourth-order valence-corrected chi connectivity index (χ4v) is 3.57. The number of ether oxygens (including phenoxy) is 1. The monoisotopic (exact) mass is 367 g/mol. The summed E-state index contributed by atoms with van der Waals surface area (Å²) in [6.45, 7) is 6.61. The highest BCUT2D eigenvalue weighted by atomic mass is 16.5.